The van der Waals surface area contributed by atoms with E-state index in [0.29, 0.717) is 19.0 Å². The summed E-state index contributed by atoms with van der Waals surface area (Å²) in [5, 5.41) is 18.4. The molecule has 4 nitrogen and oxygen atoms in total. The van der Waals surface area contributed by atoms with Gasteiger partial charge in [0.2, 0.25) is 0 Å². The van der Waals surface area contributed by atoms with Gasteiger partial charge in [0.05, 0.1) is 12.5 Å². The topological polar surface area (TPSA) is 60.8 Å². The van der Waals surface area contributed by atoms with Crippen LogP contribution in [0.25, 0.3) is 0 Å². The third kappa shape index (κ3) is 5.47. The van der Waals surface area contributed by atoms with E-state index in [4.69, 9.17) is 5.11 Å². The third-order valence-corrected chi connectivity index (χ3v) is 3.31. The standard InChI is InChI=1S/C12H23NO3/c1-13(7-6-12(15)16)9-11(14)8-10-4-2-3-5-10/h10-11,14H,2-9H2,1H3,(H,15,16). The number of carboxylic acids is 1. The third-order valence-electron chi connectivity index (χ3n) is 3.31. The zero-order valence-electron chi connectivity index (χ0n) is 10.1. The molecule has 0 aromatic carbocycles. The van der Waals surface area contributed by atoms with Gasteiger partial charge < -0.3 is 15.1 Å². The zero-order chi connectivity index (χ0) is 12.0. The molecule has 1 unspecified atom stereocenters. The Labute approximate surface area is 97.3 Å². The number of hydrogen-bond donors (Lipinski definition) is 2. The Hall–Kier alpha value is -0.610. The van der Waals surface area contributed by atoms with Crippen LogP contribution in [0.2, 0.25) is 0 Å². The van der Waals surface area contributed by atoms with Crippen molar-refractivity contribution in [2.24, 2.45) is 5.92 Å². The number of likely N-dealkylation sites (N-methyl/N-ethyl adjacent to an activating group) is 1. The maximum Gasteiger partial charge on any atom is 0.304 e. The molecular weight excluding hydrogens is 206 g/mol. The molecule has 4 heteroatoms. The van der Waals surface area contributed by atoms with Gasteiger partial charge >= 0.3 is 5.97 Å². The van der Waals surface area contributed by atoms with Crippen LogP contribution in [0.15, 0.2) is 0 Å². The van der Waals surface area contributed by atoms with Gasteiger partial charge in [-0.2, -0.15) is 0 Å². The van der Waals surface area contributed by atoms with Crippen LogP contribution >= 0.6 is 0 Å². The lowest BCUT2D eigenvalue weighted by atomic mass is 10.00. The Bertz CT molecular complexity index is 214. The molecule has 94 valence electrons. The molecule has 16 heavy (non-hydrogen) atoms. The van der Waals surface area contributed by atoms with E-state index in [9.17, 15) is 9.90 Å². The summed E-state index contributed by atoms with van der Waals surface area (Å²) in [6.45, 7) is 1.10. The second-order valence-corrected chi connectivity index (χ2v) is 4.95. The largest absolute Gasteiger partial charge is 0.481 e. The van der Waals surface area contributed by atoms with Gasteiger partial charge in [-0.1, -0.05) is 25.7 Å². The first-order valence-corrected chi connectivity index (χ1v) is 6.16. The molecule has 0 bridgehead atoms. The Kier molecular flexibility index (Phi) is 5.77. The van der Waals surface area contributed by atoms with Crippen LogP contribution in [0.1, 0.15) is 38.5 Å². The average Bonchev–Trinajstić information content (AvgIpc) is 2.67. The van der Waals surface area contributed by atoms with Crippen molar-refractivity contribution < 1.29 is 15.0 Å². The van der Waals surface area contributed by atoms with Gasteiger partial charge in [0.25, 0.3) is 0 Å². The molecule has 1 saturated carbocycles. The van der Waals surface area contributed by atoms with Gasteiger partial charge in [-0.3, -0.25) is 4.79 Å². The molecule has 0 aliphatic heterocycles. The lowest BCUT2D eigenvalue weighted by Crippen LogP contribution is -2.31. The van der Waals surface area contributed by atoms with Crippen molar-refractivity contribution in [3.63, 3.8) is 0 Å². The molecule has 0 saturated heterocycles. The van der Waals surface area contributed by atoms with Crippen molar-refractivity contribution >= 4 is 5.97 Å². The van der Waals surface area contributed by atoms with E-state index in [1.807, 2.05) is 11.9 Å². The number of aliphatic hydroxyl groups excluding tert-OH is 1. The molecule has 1 aliphatic rings. The van der Waals surface area contributed by atoms with Crippen LogP contribution in [0.3, 0.4) is 0 Å². The van der Waals surface area contributed by atoms with Gasteiger partial charge in [-0.25, -0.2) is 0 Å². The fourth-order valence-corrected chi connectivity index (χ4v) is 2.44. The normalized spacial score (nSPS) is 19.2. The van der Waals surface area contributed by atoms with Crippen LogP contribution in [0, 0.1) is 5.92 Å². The quantitative estimate of drug-likeness (QED) is 0.691. The van der Waals surface area contributed by atoms with Gasteiger partial charge in [0.15, 0.2) is 0 Å². The monoisotopic (exact) mass is 229 g/mol. The summed E-state index contributed by atoms with van der Waals surface area (Å²) in [5.74, 6) is -0.0972. The van der Waals surface area contributed by atoms with E-state index < -0.39 is 5.97 Å². The molecular formula is C12H23NO3. The number of nitrogens with zero attached hydrogens (tertiary/aromatic N) is 1. The zero-order valence-corrected chi connectivity index (χ0v) is 10.1. The molecule has 0 heterocycles. The van der Waals surface area contributed by atoms with E-state index in [1.165, 1.54) is 25.7 Å². The van der Waals surface area contributed by atoms with Crippen LogP contribution in [0.4, 0.5) is 0 Å². The van der Waals surface area contributed by atoms with Gasteiger partial charge in [-0.05, 0) is 19.4 Å². The van der Waals surface area contributed by atoms with Crippen LogP contribution in [-0.2, 0) is 4.79 Å². The van der Waals surface area contributed by atoms with Crippen molar-refractivity contribution in [2.45, 2.75) is 44.6 Å². The van der Waals surface area contributed by atoms with E-state index in [0.717, 1.165) is 6.42 Å². The molecule has 0 aromatic heterocycles. The summed E-state index contributed by atoms with van der Waals surface area (Å²) in [7, 11) is 1.86. The summed E-state index contributed by atoms with van der Waals surface area (Å²) in [4.78, 5) is 12.3. The average molecular weight is 229 g/mol. The number of hydrogen-bond acceptors (Lipinski definition) is 3. The van der Waals surface area contributed by atoms with Crippen LogP contribution < -0.4 is 0 Å². The molecule has 1 rings (SSSR count). The minimum atomic E-state index is -0.780. The lowest BCUT2D eigenvalue weighted by Gasteiger charge is -2.21. The number of carbonyl (C=O) groups is 1. The molecule has 1 aliphatic carbocycles. The highest BCUT2D eigenvalue weighted by atomic mass is 16.4. The summed E-state index contributed by atoms with van der Waals surface area (Å²) < 4.78 is 0. The predicted molar refractivity (Wildman–Crippen MR) is 62.3 cm³/mol. The van der Waals surface area contributed by atoms with Crippen molar-refractivity contribution in [2.75, 3.05) is 20.1 Å². The number of rotatable bonds is 7. The second-order valence-electron chi connectivity index (χ2n) is 4.95. The summed E-state index contributed by atoms with van der Waals surface area (Å²) in [5.41, 5.74) is 0. The smallest absolute Gasteiger partial charge is 0.304 e. The first-order valence-electron chi connectivity index (χ1n) is 6.16. The van der Waals surface area contributed by atoms with E-state index in [1.54, 1.807) is 0 Å². The number of aliphatic carboxylic acids is 1. The van der Waals surface area contributed by atoms with E-state index in [-0.39, 0.29) is 12.5 Å². The van der Waals surface area contributed by atoms with Crippen molar-refractivity contribution in [3.8, 4) is 0 Å². The molecule has 0 aromatic rings. The SMILES string of the molecule is CN(CCC(=O)O)CC(O)CC1CCCC1. The maximum absolute atomic E-state index is 10.4. The highest BCUT2D eigenvalue weighted by Gasteiger charge is 2.19. The summed E-state index contributed by atoms with van der Waals surface area (Å²) >= 11 is 0. The molecule has 1 atom stereocenters. The fraction of sp³-hybridized carbons (Fsp3) is 0.917. The fourth-order valence-electron chi connectivity index (χ4n) is 2.44. The molecule has 2 N–H and O–H groups in total. The van der Waals surface area contributed by atoms with Crippen molar-refractivity contribution in [3.05, 3.63) is 0 Å². The Balaban J connectivity index is 2.11. The highest BCUT2D eigenvalue weighted by molar-refractivity contribution is 5.66. The predicted octanol–water partition coefficient (Wildman–Crippen LogP) is 1.33. The molecule has 1 fully saturated rings. The van der Waals surface area contributed by atoms with Crippen LogP contribution in [-0.4, -0.2) is 47.3 Å². The molecule has 0 spiro atoms. The highest BCUT2D eigenvalue weighted by Crippen LogP contribution is 2.28. The van der Waals surface area contributed by atoms with E-state index >= 15 is 0 Å². The minimum absolute atomic E-state index is 0.145. The Morgan fingerprint density at radius 2 is 2.06 bits per heavy atom. The van der Waals surface area contributed by atoms with E-state index in [2.05, 4.69) is 0 Å². The van der Waals surface area contributed by atoms with Gasteiger partial charge in [0.1, 0.15) is 0 Å². The first-order chi connectivity index (χ1) is 7.58. The summed E-state index contributed by atoms with van der Waals surface area (Å²) in [6, 6.07) is 0. The molecule has 0 radical (unpaired) electrons. The maximum atomic E-state index is 10.4. The first kappa shape index (κ1) is 13.5. The number of aliphatic hydroxyl groups is 1. The van der Waals surface area contributed by atoms with Crippen molar-refractivity contribution in [1.29, 1.82) is 0 Å². The van der Waals surface area contributed by atoms with Gasteiger partial charge in [-0.15, -0.1) is 0 Å². The minimum Gasteiger partial charge on any atom is -0.481 e. The second kappa shape index (κ2) is 6.86. The van der Waals surface area contributed by atoms with Gasteiger partial charge in [0, 0.05) is 13.1 Å². The Morgan fingerprint density at radius 1 is 1.44 bits per heavy atom. The Morgan fingerprint density at radius 3 is 2.62 bits per heavy atom. The molecule has 0 amide bonds. The number of carboxylic acid groups (broad SMARTS) is 1. The summed E-state index contributed by atoms with van der Waals surface area (Å²) in [6.07, 6.45) is 5.80. The van der Waals surface area contributed by atoms with Crippen molar-refractivity contribution in [1.82, 2.24) is 4.90 Å². The van der Waals surface area contributed by atoms with Crippen LogP contribution in [0.5, 0.6) is 0 Å². The lowest BCUT2D eigenvalue weighted by molar-refractivity contribution is -0.137.